The van der Waals surface area contributed by atoms with Crippen LogP contribution in [0.2, 0.25) is 0 Å². The molecular formula is C15H9F4N3O. The zero-order valence-corrected chi connectivity index (χ0v) is 11.4. The van der Waals surface area contributed by atoms with Crippen molar-refractivity contribution in [2.75, 3.05) is 0 Å². The lowest BCUT2D eigenvalue weighted by Gasteiger charge is -2.09. The quantitative estimate of drug-likeness (QED) is 0.440. The SMILES string of the molecule is On1cnc(-c2cccc(C(F)(F)F)c2)c1-c1ccnc(F)c1. The molecule has 0 bridgehead atoms. The van der Waals surface area contributed by atoms with E-state index >= 15 is 0 Å². The molecule has 118 valence electrons. The van der Waals surface area contributed by atoms with Gasteiger partial charge >= 0.3 is 6.18 Å². The first-order valence-electron chi connectivity index (χ1n) is 6.42. The first-order chi connectivity index (χ1) is 10.9. The number of hydrogen-bond donors (Lipinski definition) is 1. The first kappa shape index (κ1) is 15.0. The van der Waals surface area contributed by atoms with Gasteiger partial charge in [0.05, 0.1) is 11.3 Å². The molecule has 0 saturated carbocycles. The van der Waals surface area contributed by atoms with E-state index in [1.807, 2.05) is 0 Å². The highest BCUT2D eigenvalue weighted by Crippen LogP contribution is 2.35. The molecule has 8 heteroatoms. The van der Waals surface area contributed by atoms with Gasteiger partial charge in [0.2, 0.25) is 5.95 Å². The molecule has 2 aromatic heterocycles. The Kier molecular flexibility index (Phi) is 3.51. The highest BCUT2D eigenvalue weighted by molar-refractivity contribution is 5.78. The number of alkyl halides is 3. The Morgan fingerprint density at radius 1 is 1.00 bits per heavy atom. The number of pyridine rings is 1. The standard InChI is InChI=1S/C15H9F4N3O/c16-12-7-10(4-5-20-12)14-13(21-8-22(14)23)9-2-1-3-11(6-9)15(17,18)19/h1-8,23H. The molecule has 0 aliphatic rings. The van der Waals surface area contributed by atoms with E-state index in [1.54, 1.807) is 0 Å². The molecule has 3 rings (SSSR count). The number of nitrogens with zero attached hydrogens (tertiary/aromatic N) is 3. The van der Waals surface area contributed by atoms with Gasteiger partial charge in [-0.15, -0.1) is 0 Å². The summed E-state index contributed by atoms with van der Waals surface area (Å²) in [7, 11) is 0. The van der Waals surface area contributed by atoms with Gasteiger partial charge in [-0.2, -0.15) is 22.3 Å². The average Bonchev–Trinajstić information content (AvgIpc) is 2.88. The molecule has 23 heavy (non-hydrogen) atoms. The van der Waals surface area contributed by atoms with E-state index in [4.69, 9.17) is 0 Å². The molecule has 0 aliphatic heterocycles. The Bertz CT molecular complexity index is 858. The fraction of sp³-hybridized carbons (Fsp3) is 0.0667. The lowest BCUT2D eigenvalue weighted by atomic mass is 10.0. The largest absolute Gasteiger partial charge is 0.427 e. The molecule has 3 aromatic rings. The summed E-state index contributed by atoms with van der Waals surface area (Å²) in [5.41, 5.74) is -0.270. The Hall–Kier alpha value is -2.90. The molecule has 1 aromatic carbocycles. The first-order valence-corrected chi connectivity index (χ1v) is 6.42. The lowest BCUT2D eigenvalue weighted by molar-refractivity contribution is -0.137. The molecule has 0 fully saturated rings. The number of imidazole rings is 1. The van der Waals surface area contributed by atoms with Crippen LogP contribution in [-0.4, -0.2) is 19.9 Å². The van der Waals surface area contributed by atoms with Crippen LogP contribution in [0.25, 0.3) is 22.5 Å². The normalized spacial score (nSPS) is 11.7. The third-order valence-electron chi connectivity index (χ3n) is 3.21. The van der Waals surface area contributed by atoms with E-state index in [0.29, 0.717) is 4.73 Å². The van der Waals surface area contributed by atoms with Gasteiger partial charge in [-0.3, -0.25) is 0 Å². The number of rotatable bonds is 2. The number of hydrogen-bond acceptors (Lipinski definition) is 3. The molecule has 1 N–H and O–H groups in total. The van der Waals surface area contributed by atoms with Crippen molar-refractivity contribution in [3.05, 3.63) is 60.4 Å². The van der Waals surface area contributed by atoms with Crippen LogP contribution in [0.15, 0.2) is 48.9 Å². The second-order valence-electron chi connectivity index (χ2n) is 4.73. The van der Waals surface area contributed by atoms with Gasteiger partial charge in [0, 0.05) is 23.4 Å². The summed E-state index contributed by atoms with van der Waals surface area (Å²) in [5.74, 6) is -0.779. The van der Waals surface area contributed by atoms with Crippen molar-refractivity contribution in [1.29, 1.82) is 0 Å². The second kappa shape index (κ2) is 5.38. The maximum Gasteiger partial charge on any atom is 0.416 e. The summed E-state index contributed by atoms with van der Waals surface area (Å²) >= 11 is 0. The van der Waals surface area contributed by atoms with E-state index in [0.717, 1.165) is 24.5 Å². The van der Waals surface area contributed by atoms with Crippen LogP contribution in [0, 0.1) is 5.95 Å². The molecule has 0 radical (unpaired) electrons. The monoisotopic (exact) mass is 323 g/mol. The Balaban J connectivity index is 2.16. The predicted molar refractivity (Wildman–Crippen MR) is 73.0 cm³/mol. The summed E-state index contributed by atoms with van der Waals surface area (Å²) in [6.07, 6.45) is -2.28. The average molecular weight is 323 g/mol. The second-order valence-corrected chi connectivity index (χ2v) is 4.73. The van der Waals surface area contributed by atoms with Gasteiger partial charge < -0.3 is 5.21 Å². The van der Waals surface area contributed by atoms with Crippen LogP contribution < -0.4 is 0 Å². The number of halogens is 4. The van der Waals surface area contributed by atoms with Crippen LogP contribution in [0.5, 0.6) is 0 Å². The molecule has 0 spiro atoms. The summed E-state index contributed by atoms with van der Waals surface area (Å²) in [5, 5.41) is 9.86. The van der Waals surface area contributed by atoms with Crippen molar-refractivity contribution in [2.45, 2.75) is 6.18 Å². The molecular weight excluding hydrogens is 314 g/mol. The van der Waals surface area contributed by atoms with E-state index < -0.39 is 17.7 Å². The fourth-order valence-electron chi connectivity index (χ4n) is 2.21. The van der Waals surface area contributed by atoms with Gasteiger partial charge in [-0.05, 0) is 18.2 Å². The molecule has 0 aliphatic carbocycles. The van der Waals surface area contributed by atoms with Gasteiger partial charge in [0.25, 0.3) is 0 Å². The lowest BCUT2D eigenvalue weighted by Crippen LogP contribution is -2.04. The highest BCUT2D eigenvalue weighted by Gasteiger charge is 2.31. The molecule has 4 nitrogen and oxygen atoms in total. The van der Waals surface area contributed by atoms with Crippen molar-refractivity contribution in [3.8, 4) is 22.5 Å². The van der Waals surface area contributed by atoms with Crippen LogP contribution >= 0.6 is 0 Å². The zero-order valence-electron chi connectivity index (χ0n) is 11.4. The Morgan fingerprint density at radius 3 is 2.48 bits per heavy atom. The van der Waals surface area contributed by atoms with Crippen LogP contribution in [0.4, 0.5) is 17.6 Å². The number of benzene rings is 1. The van der Waals surface area contributed by atoms with Crippen molar-refractivity contribution >= 4 is 0 Å². The van der Waals surface area contributed by atoms with E-state index in [-0.39, 0.29) is 22.5 Å². The minimum atomic E-state index is -4.50. The summed E-state index contributed by atoms with van der Waals surface area (Å²) in [6.45, 7) is 0. The van der Waals surface area contributed by atoms with Crippen molar-refractivity contribution in [3.63, 3.8) is 0 Å². The predicted octanol–water partition coefficient (Wildman–Crippen LogP) is 4.01. The van der Waals surface area contributed by atoms with E-state index in [1.165, 1.54) is 24.4 Å². The molecule has 0 amide bonds. The van der Waals surface area contributed by atoms with E-state index in [9.17, 15) is 22.8 Å². The maximum atomic E-state index is 13.3. The molecule has 0 unspecified atom stereocenters. The molecule has 0 atom stereocenters. The van der Waals surface area contributed by atoms with Crippen molar-refractivity contribution in [2.24, 2.45) is 0 Å². The highest BCUT2D eigenvalue weighted by atomic mass is 19.4. The van der Waals surface area contributed by atoms with Crippen LogP contribution in [-0.2, 0) is 6.18 Å². The van der Waals surface area contributed by atoms with Gasteiger partial charge in [0.1, 0.15) is 12.0 Å². The van der Waals surface area contributed by atoms with Crippen molar-refractivity contribution < 1.29 is 22.8 Å². The summed E-state index contributed by atoms with van der Waals surface area (Å²) in [4.78, 5) is 7.32. The fourth-order valence-corrected chi connectivity index (χ4v) is 2.21. The number of aromatic nitrogens is 3. The van der Waals surface area contributed by atoms with Crippen molar-refractivity contribution in [1.82, 2.24) is 14.7 Å². The Labute approximate surface area is 127 Å². The third kappa shape index (κ3) is 2.87. The van der Waals surface area contributed by atoms with E-state index in [2.05, 4.69) is 9.97 Å². The third-order valence-corrected chi connectivity index (χ3v) is 3.21. The summed E-state index contributed by atoms with van der Waals surface area (Å²) < 4.78 is 52.4. The molecule has 0 saturated heterocycles. The summed E-state index contributed by atoms with van der Waals surface area (Å²) in [6, 6.07) is 7.00. The van der Waals surface area contributed by atoms with Crippen LogP contribution in [0.3, 0.4) is 0 Å². The van der Waals surface area contributed by atoms with Gasteiger partial charge in [-0.25, -0.2) is 9.97 Å². The topological polar surface area (TPSA) is 50.9 Å². The molecule has 2 heterocycles. The van der Waals surface area contributed by atoms with Gasteiger partial charge in [0.15, 0.2) is 0 Å². The minimum Gasteiger partial charge on any atom is -0.427 e. The van der Waals surface area contributed by atoms with Crippen LogP contribution in [0.1, 0.15) is 5.56 Å². The minimum absolute atomic E-state index is 0.0747. The maximum absolute atomic E-state index is 13.3. The zero-order chi connectivity index (χ0) is 16.6. The Morgan fingerprint density at radius 2 is 1.78 bits per heavy atom. The van der Waals surface area contributed by atoms with Gasteiger partial charge in [-0.1, -0.05) is 12.1 Å². The smallest absolute Gasteiger partial charge is 0.416 e.